The number of rotatable bonds is 7. The Balaban J connectivity index is 1.80. The number of hydrogen-bond donors (Lipinski definition) is 0. The van der Waals surface area contributed by atoms with E-state index >= 15 is 0 Å². The average Bonchev–Trinajstić information content (AvgIpc) is 3.60. The number of carbonyl (C=O) groups excluding carboxylic acids is 2. The molecular weight excluding hydrogens is 412 g/mol. The van der Waals surface area contributed by atoms with Crippen molar-refractivity contribution in [2.45, 2.75) is 70.7 Å². The maximum absolute atomic E-state index is 13.7. The van der Waals surface area contributed by atoms with Crippen LogP contribution in [0, 0.1) is 0 Å². The first-order chi connectivity index (χ1) is 15.2. The van der Waals surface area contributed by atoms with Gasteiger partial charge in [-0.05, 0) is 57.7 Å². The van der Waals surface area contributed by atoms with Gasteiger partial charge < -0.3 is 28.7 Å². The molecule has 2 aliphatic rings. The van der Waals surface area contributed by atoms with E-state index in [-0.39, 0.29) is 24.5 Å². The lowest BCUT2D eigenvalue weighted by Crippen LogP contribution is -2.54. The van der Waals surface area contributed by atoms with Gasteiger partial charge in [0.15, 0.2) is 17.6 Å². The van der Waals surface area contributed by atoms with E-state index in [1.54, 1.807) is 19.1 Å². The zero-order chi connectivity index (χ0) is 23.5. The second-order valence-electron chi connectivity index (χ2n) is 9.30. The second-order valence-corrected chi connectivity index (χ2v) is 9.30. The predicted octanol–water partition coefficient (Wildman–Crippen LogP) is 3.78. The molecule has 32 heavy (non-hydrogen) atoms. The van der Waals surface area contributed by atoms with Gasteiger partial charge in [-0.15, -0.1) is 0 Å². The standard InChI is InChI=1S/C24H36N2O6/c1-7-18(16-8-11-19(29-5)20(14-16)30-6)26(17-9-10-17)22(27)21-15-25(12-13-31-21)23(28)32-24(2,3)4/h8,11,14,17-18,21H,7,9-10,12-13,15H2,1-6H3/t18?,21-/m1/s1. The fourth-order valence-corrected chi connectivity index (χ4v) is 4.05. The van der Waals surface area contributed by atoms with Crippen molar-refractivity contribution < 1.29 is 28.5 Å². The quantitative estimate of drug-likeness (QED) is 0.632. The van der Waals surface area contributed by atoms with Gasteiger partial charge in [-0.25, -0.2) is 4.79 Å². The van der Waals surface area contributed by atoms with Crippen LogP contribution in [-0.2, 0) is 14.3 Å². The van der Waals surface area contributed by atoms with Gasteiger partial charge in [-0.2, -0.15) is 0 Å². The Bertz CT molecular complexity index is 817. The number of nitrogens with zero attached hydrogens (tertiary/aromatic N) is 2. The summed E-state index contributed by atoms with van der Waals surface area (Å²) in [6.07, 6.45) is 1.57. The van der Waals surface area contributed by atoms with Gasteiger partial charge >= 0.3 is 6.09 Å². The minimum atomic E-state index is -0.703. The highest BCUT2D eigenvalue weighted by atomic mass is 16.6. The van der Waals surface area contributed by atoms with Crippen molar-refractivity contribution in [1.82, 2.24) is 9.80 Å². The molecule has 2 amide bonds. The number of hydrogen-bond acceptors (Lipinski definition) is 6. The van der Waals surface area contributed by atoms with Crippen molar-refractivity contribution in [2.24, 2.45) is 0 Å². The van der Waals surface area contributed by atoms with Crippen molar-refractivity contribution in [2.75, 3.05) is 33.9 Å². The molecule has 1 aromatic carbocycles. The van der Waals surface area contributed by atoms with Crippen LogP contribution in [0.5, 0.6) is 11.5 Å². The Morgan fingerprint density at radius 1 is 1.19 bits per heavy atom. The number of ether oxygens (including phenoxy) is 4. The molecule has 0 radical (unpaired) electrons. The lowest BCUT2D eigenvalue weighted by Gasteiger charge is -2.38. The van der Waals surface area contributed by atoms with E-state index in [1.165, 1.54) is 0 Å². The van der Waals surface area contributed by atoms with Crippen LogP contribution in [0.15, 0.2) is 18.2 Å². The third-order valence-electron chi connectivity index (χ3n) is 5.70. The van der Waals surface area contributed by atoms with Crippen LogP contribution in [0.3, 0.4) is 0 Å². The van der Waals surface area contributed by atoms with Crippen molar-refractivity contribution in [3.8, 4) is 11.5 Å². The zero-order valence-electron chi connectivity index (χ0n) is 20.1. The molecule has 0 N–H and O–H groups in total. The normalized spacial score (nSPS) is 19.8. The monoisotopic (exact) mass is 448 g/mol. The molecule has 0 aromatic heterocycles. The van der Waals surface area contributed by atoms with Gasteiger partial charge in [0.1, 0.15) is 5.60 Å². The maximum Gasteiger partial charge on any atom is 0.410 e. The molecule has 178 valence electrons. The predicted molar refractivity (Wildman–Crippen MR) is 120 cm³/mol. The number of carbonyl (C=O) groups is 2. The number of benzene rings is 1. The molecule has 8 heteroatoms. The molecule has 1 saturated heterocycles. The highest BCUT2D eigenvalue weighted by Gasteiger charge is 2.42. The van der Waals surface area contributed by atoms with Gasteiger partial charge in [0.05, 0.1) is 33.4 Å². The summed E-state index contributed by atoms with van der Waals surface area (Å²) in [5.74, 6) is 1.21. The first-order valence-electron chi connectivity index (χ1n) is 11.3. The van der Waals surface area contributed by atoms with Crippen molar-refractivity contribution >= 4 is 12.0 Å². The molecule has 3 rings (SSSR count). The molecule has 2 atom stereocenters. The third-order valence-corrected chi connectivity index (χ3v) is 5.70. The van der Waals surface area contributed by atoms with Crippen LogP contribution in [0.4, 0.5) is 4.79 Å². The summed E-state index contributed by atoms with van der Waals surface area (Å²) < 4.78 is 22.2. The molecule has 2 fully saturated rings. The summed E-state index contributed by atoms with van der Waals surface area (Å²) in [6.45, 7) is 8.47. The Morgan fingerprint density at radius 3 is 2.44 bits per heavy atom. The largest absolute Gasteiger partial charge is 0.493 e. The minimum Gasteiger partial charge on any atom is -0.493 e. The van der Waals surface area contributed by atoms with E-state index in [0.29, 0.717) is 24.7 Å². The van der Waals surface area contributed by atoms with Gasteiger partial charge in [0, 0.05) is 12.6 Å². The Kier molecular flexibility index (Phi) is 7.54. The van der Waals surface area contributed by atoms with Crippen LogP contribution >= 0.6 is 0 Å². The minimum absolute atomic E-state index is 0.0811. The van der Waals surface area contributed by atoms with Crippen molar-refractivity contribution in [1.29, 1.82) is 0 Å². The molecule has 1 aromatic rings. The van der Waals surface area contributed by atoms with E-state index in [0.717, 1.165) is 24.8 Å². The lowest BCUT2D eigenvalue weighted by atomic mass is 10.0. The van der Waals surface area contributed by atoms with E-state index in [4.69, 9.17) is 18.9 Å². The zero-order valence-corrected chi connectivity index (χ0v) is 20.1. The fraction of sp³-hybridized carbons (Fsp3) is 0.667. The Labute approximate surface area is 190 Å². The molecule has 0 spiro atoms. The summed E-state index contributed by atoms with van der Waals surface area (Å²) in [7, 11) is 3.21. The molecule has 8 nitrogen and oxygen atoms in total. The summed E-state index contributed by atoms with van der Waals surface area (Å²) in [5, 5.41) is 0. The average molecular weight is 449 g/mol. The first kappa shape index (κ1) is 24.2. The summed E-state index contributed by atoms with van der Waals surface area (Å²) in [5.41, 5.74) is 0.403. The molecule has 1 saturated carbocycles. The fourth-order valence-electron chi connectivity index (χ4n) is 4.05. The summed E-state index contributed by atoms with van der Waals surface area (Å²) >= 11 is 0. The smallest absolute Gasteiger partial charge is 0.410 e. The van der Waals surface area contributed by atoms with Crippen molar-refractivity contribution in [3.63, 3.8) is 0 Å². The second kappa shape index (κ2) is 9.98. The van der Waals surface area contributed by atoms with E-state index < -0.39 is 17.8 Å². The topological polar surface area (TPSA) is 77.5 Å². The van der Waals surface area contributed by atoms with Gasteiger partial charge in [-0.1, -0.05) is 13.0 Å². The number of morpholine rings is 1. The summed E-state index contributed by atoms with van der Waals surface area (Å²) in [6, 6.07) is 5.85. The molecule has 1 unspecified atom stereocenters. The van der Waals surface area contributed by atoms with E-state index in [9.17, 15) is 9.59 Å². The Morgan fingerprint density at radius 2 is 1.88 bits per heavy atom. The molecular formula is C24H36N2O6. The van der Waals surface area contributed by atoms with Gasteiger partial charge in [-0.3, -0.25) is 4.79 Å². The molecule has 1 aliphatic carbocycles. The molecule has 1 aliphatic heterocycles. The Hall–Kier alpha value is -2.48. The lowest BCUT2D eigenvalue weighted by molar-refractivity contribution is -0.152. The van der Waals surface area contributed by atoms with Crippen LogP contribution in [-0.4, -0.2) is 73.5 Å². The van der Waals surface area contributed by atoms with E-state index in [1.807, 2.05) is 43.9 Å². The number of methoxy groups -OCH3 is 2. The van der Waals surface area contributed by atoms with Crippen LogP contribution in [0.25, 0.3) is 0 Å². The van der Waals surface area contributed by atoms with E-state index in [2.05, 4.69) is 6.92 Å². The SMILES string of the molecule is CCC(c1ccc(OC)c(OC)c1)N(C(=O)[C@H]1CN(C(=O)OC(C)(C)C)CCO1)C1CC1. The number of amides is 2. The van der Waals surface area contributed by atoms with Crippen molar-refractivity contribution in [3.05, 3.63) is 23.8 Å². The third kappa shape index (κ3) is 5.65. The molecule has 1 heterocycles. The summed E-state index contributed by atoms with van der Waals surface area (Å²) in [4.78, 5) is 29.7. The van der Waals surface area contributed by atoms with Crippen LogP contribution in [0.2, 0.25) is 0 Å². The highest BCUT2D eigenvalue weighted by molar-refractivity contribution is 5.83. The molecule has 0 bridgehead atoms. The van der Waals surface area contributed by atoms with Crippen LogP contribution in [0.1, 0.15) is 58.6 Å². The van der Waals surface area contributed by atoms with Gasteiger partial charge in [0.25, 0.3) is 5.91 Å². The highest BCUT2D eigenvalue weighted by Crippen LogP contribution is 2.39. The van der Waals surface area contributed by atoms with Crippen LogP contribution < -0.4 is 9.47 Å². The first-order valence-corrected chi connectivity index (χ1v) is 11.3. The maximum atomic E-state index is 13.7. The van der Waals surface area contributed by atoms with Gasteiger partial charge in [0.2, 0.25) is 0 Å².